The number of phenolic OH excluding ortho intramolecular Hbond substituents is 4. The van der Waals surface area contributed by atoms with Gasteiger partial charge in [-0.25, -0.2) is 46.9 Å². The molecule has 8 N–H and O–H groups in total. The molecule has 0 amide bonds. The second-order valence-corrected chi connectivity index (χ2v) is 35.7. The third-order valence-electron chi connectivity index (χ3n) is 17.2. The molecular weight excluding hydrogens is 2220 g/mol. The van der Waals surface area contributed by atoms with Crippen molar-refractivity contribution < 1.29 is 168 Å². The summed E-state index contributed by atoms with van der Waals surface area (Å²) in [7, 11) is -16.0. The van der Waals surface area contributed by atoms with Crippen molar-refractivity contribution in [3.05, 3.63) is 320 Å². The van der Waals surface area contributed by atoms with E-state index in [1.54, 1.807) is 189 Å². The van der Waals surface area contributed by atoms with E-state index < -0.39 is 67.7 Å². The molecule has 38 nitrogen and oxygen atoms in total. The number of para-hydroxylation sites is 2. The van der Waals surface area contributed by atoms with Gasteiger partial charge in [-0.3, -0.25) is 0 Å². The van der Waals surface area contributed by atoms with Gasteiger partial charge in [0.05, 0.1) is 101 Å². The number of rotatable bonds is 24. The van der Waals surface area contributed by atoms with Crippen LogP contribution in [-0.4, -0.2) is 148 Å². The number of phenols is 4. The standard InChI is InChI=1S/C17H15N5O5S.C17H16N5O3S.C17H14N3O4S.2C17H14N3O3S.C3H9N.5C2H6.5Cu/c1-28(26,27)21-13-10-6-5-9-12(13)18-19-14-15(17(24)25)20-22(16(14)23)11-7-3-2-4-8-11;1-12-16(17(23)22(20-12)13-8-4-3-5-9-13)19-18-14-10-6-7-11-15(14)21-26(2,24)25;1-25(23,24)20-13-7-3-2-6-12(13)18-19-14-10-9-11-5-4-8-15(21)16(11)17(14)22;1-24(22,23)20-15-9-5-4-8-14(15)18-19-17-13-7-3-2-6-12(13)10-11-16(17)21;1-24(22,23)20-15-9-5-4-8-14(15)18-19-16-11-10-12-6-2-3-7-13(12)17(16)21;1-3-4-2;5*1-2;;;;;/h2-10H,1H3,(H3,18,19,20,21,23,24,25);3-11H,1-2H3,(H-,18,19,20,21,23);2-10H,1H3,(H2-,18,19,20,21,22);2*2-11H,1H3,(H-,18,19,20,21);4H,3H2,1-2H3;5*1-2H3;;;;;/q;4*-1;;;;;;;5*+1/p-1. The molecule has 0 atom stereocenters. The van der Waals surface area contributed by atoms with Gasteiger partial charge in [-0.15, -0.1) is 54.0 Å². The number of carboxylic acid groups (broad SMARTS) is 1. The van der Waals surface area contributed by atoms with Crippen LogP contribution >= 0.6 is 0 Å². The molecule has 0 fully saturated rings. The Morgan fingerprint density at radius 2 is 0.582 bits per heavy atom. The maximum Gasteiger partial charge on any atom is 1.00 e. The van der Waals surface area contributed by atoms with Crippen LogP contribution in [0.3, 0.4) is 0 Å². The first-order valence-electron chi connectivity index (χ1n) is 43.4. The van der Waals surface area contributed by atoms with Gasteiger partial charge in [0.2, 0.25) is 17.5 Å². The first kappa shape index (κ1) is 133. The smallest absolute Gasteiger partial charge is 0.575 e. The van der Waals surface area contributed by atoms with Gasteiger partial charge < -0.3 is 64.7 Å². The fraction of sp³-hybridized carbons (Fsp3) is 0.194. The third-order valence-corrected chi connectivity index (χ3v) is 19.8. The summed E-state index contributed by atoms with van der Waals surface area (Å²) in [5.74, 6) is -2.35. The van der Waals surface area contributed by atoms with Crippen LogP contribution in [0.1, 0.15) is 92.3 Å². The number of fused-ring (bicyclic) bond motifs is 3. The maximum atomic E-state index is 11.5. The minimum atomic E-state index is -3.68. The molecule has 0 unspecified atom stereocenters. The summed E-state index contributed by atoms with van der Waals surface area (Å²) in [6.07, 6.45) is 4.94. The summed E-state index contributed by atoms with van der Waals surface area (Å²) in [6, 6.07) is 79.1. The first-order chi connectivity index (χ1) is 67.2. The normalized spacial score (nSPS) is 10.7. The van der Waals surface area contributed by atoms with Crippen LogP contribution in [0.4, 0.5) is 85.3 Å². The molecule has 15 aromatic rings. The van der Waals surface area contributed by atoms with Gasteiger partial charge in [-0.1, -0.05) is 282 Å². The Morgan fingerprint density at radius 3 is 0.945 bits per heavy atom. The van der Waals surface area contributed by atoms with Crippen molar-refractivity contribution >= 4 is 174 Å². The fourth-order valence-electron chi connectivity index (χ4n) is 11.4. The number of sulfonamides is 5. The number of hydrogen-bond acceptors (Lipinski definition) is 30. The van der Waals surface area contributed by atoms with Gasteiger partial charge in [0.25, 0.3) is 0 Å². The second kappa shape index (κ2) is 65.9. The molecule has 0 saturated carbocycles. The van der Waals surface area contributed by atoms with E-state index in [-0.39, 0.29) is 182 Å². The monoisotopic (exact) mass is 2330 g/mol. The molecule has 146 heavy (non-hydrogen) atoms. The van der Waals surface area contributed by atoms with E-state index in [1.165, 1.54) is 41.1 Å². The predicted molar refractivity (Wildman–Crippen MR) is 559 cm³/mol. The van der Waals surface area contributed by atoms with Crippen molar-refractivity contribution in [2.45, 2.75) is 83.1 Å². The molecule has 15 rings (SSSR count). The Kier molecular flexibility index (Phi) is 59.9. The molecule has 796 valence electrons. The Balaban J connectivity index is 0.00000173. The largest absolute Gasteiger partial charge is 1.00 e. The number of azo groups is 5. The van der Waals surface area contributed by atoms with E-state index in [0.717, 1.165) is 58.7 Å². The van der Waals surface area contributed by atoms with Gasteiger partial charge in [-0.2, -0.15) is 45.1 Å². The average molecular weight is 2340 g/mol. The number of aromatic hydroxyl groups is 6. The Hall–Kier alpha value is -13.4. The Morgan fingerprint density at radius 1 is 0.308 bits per heavy atom. The topological polar surface area (TPSA) is 571 Å². The molecule has 0 radical (unpaired) electrons. The molecule has 13 aromatic carbocycles. The predicted octanol–water partition coefficient (Wildman–Crippen LogP) is 27.7. The summed E-state index contributed by atoms with van der Waals surface area (Å²) in [6.45, 7) is 24.8. The van der Waals surface area contributed by atoms with E-state index in [2.05, 4.69) is 97.2 Å². The van der Waals surface area contributed by atoms with Gasteiger partial charge in [0, 0.05) is 42.1 Å². The van der Waals surface area contributed by atoms with Crippen molar-refractivity contribution in [3.63, 3.8) is 0 Å². The number of aromatic carboxylic acids is 1. The fourth-order valence-corrected chi connectivity index (χ4v) is 14.0. The van der Waals surface area contributed by atoms with Crippen LogP contribution in [0.15, 0.2) is 336 Å². The van der Waals surface area contributed by atoms with Gasteiger partial charge in [-0.05, 0) is 116 Å². The van der Waals surface area contributed by atoms with Crippen molar-refractivity contribution in [3.8, 4) is 46.1 Å². The van der Waals surface area contributed by atoms with E-state index in [0.29, 0.717) is 50.6 Å². The van der Waals surface area contributed by atoms with E-state index in [4.69, 9.17) is 0 Å². The number of nitrogens with one attached hydrogen (secondary N) is 1. The Labute approximate surface area is 904 Å². The Bertz CT molecular complexity index is 7460. The quantitative estimate of drug-likeness (QED) is 0.0206. The summed E-state index contributed by atoms with van der Waals surface area (Å²) in [4.78, 5) is 11.5. The molecular formula is C98H111Cu5N20O18S5. The van der Waals surface area contributed by atoms with Crippen LogP contribution in [0.2, 0.25) is 0 Å². The first-order valence-corrected chi connectivity index (χ1v) is 52.6. The van der Waals surface area contributed by atoms with Crippen LogP contribution in [0.25, 0.3) is 67.3 Å². The van der Waals surface area contributed by atoms with Gasteiger partial charge in [0.15, 0.2) is 22.9 Å². The summed E-state index contributed by atoms with van der Waals surface area (Å²) in [5, 5.41) is 126. The summed E-state index contributed by atoms with van der Waals surface area (Å²) >= 11 is 0. The molecule has 0 bridgehead atoms. The van der Waals surface area contributed by atoms with E-state index in [1.807, 2.05) is 143 Å². The summed E-state index contributed by atoms with van der Waals surface area (Å²) < 4.78 is 134. The van der Waals surface area contributed by atoms with E-state index >= 15 is 0 Å². The number of aromatic nitrogens is 4. The number of benzene rings is 13. The van der Waals surface area contributed by atoms with Crippen molar-refractivity contribution in [2.24, 2.45) is 51.1 Å². The van der Waals surface area contributed by atoms with Crippen LogP contribution in [0.5, 0.6) is 34.8 Å². The minimum Gasteiger partial charge on any atom is -0.575 e. The number of nitrogens with zero attached hydrogens (tertiary/aromatic N) is 19. The second-order valence-electron chi connectivity index (χ2n) is 27.5. The van der Waals surface area contributed by atoms with Crippen LogP contribution < -0.4 is 5.32 Å². The number of carboxylic acids is 1. The van der Waals surface area contributed by atoms with Crippen LogP contribution in [-0.2, 0) is 135 Å². The van der Waals surface area contributed by atoms with Crippen LogP contribution in [0, 0.1) is 6.92 Å². The molecule has 0 saturated heterocycles. The third kappa shape index (κ3) is 42.4. The zero-order valence-corrected chi connectivity index (χ0v) is 90.8. The average Bonchev–Trinajstić information content (AvgIpc) is 1.52. The van der Waals surface area contributed by atoms with Gasteiger partial charge >= 0.3 is 91.3 Å². The number of hydrogen-bond donors (Lipinski definition) is 8. The number of carbonyl (C=O) groups is 1. The molecule has 2 heterocycles. The molecule has 0 aliphatic rings. The molecule has 0 aliphatic carbocycles. The van der Waals surface area contributed by atoms with Crippen molar-refractivity contribution in [1.82, 2.24) is 24.9 Å². The van der Waals surface area contributed by atoms with E-state index in [9.17, 15) is 82.6 Å². The zero-order chi connectivity index (χ0) is 105. The molecule has 0 aliphatic heterocycles. The molecule has 2 aromatic heterocycles. The molecule has 0 spiro atoms. The van der Waals surface area contributed by atoms with Crippen molar-refractivity contribution in [1.29, 1.82) is 0 Å². The zero-order valence-electron chi connectivity index (χ0n) is 82.0. The minimum absolute atomic E-state index is 0. The van der Waals surface area contributed by atoms with Crippen molar-refractivity contribution in [2.75, 3.05) is 44.9 Å². The number of aryl methyl sites for hydroxylation is 1. The SMILES string of the molecule is CC.CC.CC.CC.CC.CCNC.CS(=O)(=O)[N-]c1ccccc1N=Nc1c(C(=O)O)nn(-c2ccccc2)c1O.CS(=O)(=O)[N-]c1ccccc1N=Nc1c(O)ccc2ccccc12.CS(=O)(=O)[N-]c1ccccc1N=Nc1ccc2cccc(O)c2c1O.CS(=O)(=O)[N-]c1ccccc1N=Nc1ccc2ccccc2c1O.Cc1nn(-c2ccccc2)c(O)c1N=Nc1ccccc1[N-]S(C)(=O)=O.[Cu+].[Cu+].[Cu+].[Cu+].[Cu+]. The molecule has 48 heteroatoms. The maximum absolute atomic E-state index is 11.5. The summed E-state index contributed by atoms with van der Waals surface area (Å²) in [5.41, 5.74) is 3.60. The van der Waals surface area contributed by atoms with Gasteiger partial charge in [0.1, 0.15) is 28.6 Å².